The molecule has 0 aromatic carbocycles. The molecule has 2 heterocycles. The smallest absolute Gasteiger partial charge is 0.308 e. The minimum absolute atomic E-state index is 0.165. The maximum absolute atomic E-state index is 12.5. The predicted octanol–water partition coefficient (Wildman–Crippen LogP) is 1.48. The lowest BCUT2D eigenvalue weighted by Crippen LogP contribution is -2.42. The second-order valence-electron chi connectivity index (χ2n) is 4.84. The first-order chi connectivity index (χ1) is 9.04. The number of aromatic nitrogens is 1. The number of piperidine rings is 1. The van der Waals surface area contributed by atoms with E-state index >= 15 is 0 Å². The number of carbonyl (C=O) groups excluding carboxylic acids is 1. The normalized spacial score (nSPS) is 19.5. The topological polar surface area (TPSA) is 83.6 Å². The molecule has 1 amide bonds. The average molecular weight is 266 g/mol. The molecule has 104 valence electrons. The Balaban J connectivity index is 2.19. The highest BCUT2D eigenvalue weighted by molar-refractivity contribution is 5.96. The molecule has 2 rings (SSSR count). The van der Waals surface area contributed by atoms with Gasteiger partial charge in [0.05, 0.1) is 11.6 Å². The number of hydrogen-bond acceptors (Lipinski definition) is 4. The van der Waals surface area contributed by atoms with Gasteiger partial charge in [-0.25, -0.2) is 0 Å². The monoisotopic (exact) mass is 266 g/mol. The lowest BCUT2D eigenvalue weighted by molar-refractivity contribution is -0.143. The summed E-state index contributed by atoms with van der Waals surface area (Å²) in [5, 5.41) is 12.9. The Morgan fingerprint density at radius 1 is 1.53 bits per heavy atom. The van der Waals surface area contributed by atoms with Gasteiger partial charge in [-0.3, -0.25) is 9.59 Å². The van der Waals surface area contributed by atoms with E-state index in [1.54, 1.807) is 11.8 Å². The molecule has 6 heteroatoms. The quantitative estimate of drug-likeness (QED) is 0.895. The van der Waals surface area contributed by atoms with Gasteiger partial charge in [-0.1, -0.05) is 12.1 Å². The minimum Gasteiger partial charge on any atom is -0.481 e. The fourth-order valence-corrected chi connectivity index (χ4v) is 2.45. The van der Waals surface area contributed by atoms with Crippen LogP contribution in [-0.2, 0) is 11.2 Å². The SMILES string of the molecule is CCc1noc(C)c1C(=O)N1CCCC(C(=O)O)C1. The summed E-state index contributed by atoms with van der Waals surface area (Å²) in [6, 6.07) is 0. The van der Waals surface area contributed by atoms with E-state index in [9.17, 15) is 9.59 Å². The Hall–Kier alpha value is -1.85. The van der Waals surface area contributed by atoms with E-state index in [1.165, 1.54) is 0 Å². The Morgan fingerprint density at radius 3 is 2.89 bits per heavy atom. The number of nitrogens with zero attached hydrogens (tertiary/aromatic N) is 2. The molecule has 1 fully saturated rings. The van der Waals surface area contributed by atoms with Crippen LogP contribution in [0, 0.1) is 12.8 Å². The zero-order valence-corrected chi connectivity index (χ0v) is 11.2. The van der Waals surface area contributed by atoms with Crippen molar-refractivity contribution in [3.05, 3.63) is 17.0 Å². The van der Waals surface area contributed by atoms with E-state index in [2.05, 4.69) is 5.16 Å². The lowest BCUT2D eigenvalue weighted by Gasteiger charge is -2.30. The van der Waals surface area contributed by atoms with Gasteiger partial charge in [0, 0.05) is 13.1 Å². The van der Waals surface area contributed by atoms with E-state index in [4.69, 9.17) is 9.63 Å². The number of amides is 1. The molecular weight excluding hydrogens is 248 g/mol. The van der Waals surface area contributed by atoms with Gasteiger partial charge in [0.2, 0.25) is 0 Å². The lowest BCUT2D eigenvalue weighted by atomic mass is 9.97. The fraction of sp³-hybridized carbons (Fsp3) is 0.615. The molecular formula is C13H18N2O4. The van der Waals surface area contributed by atoms with Gasteiger partial charge >= 0.3 is 5.97 Å². The zero-order valence-electron chi connectivity index (χ0n) is 11.2. The van der Waals surface area contributed by atoms with Gasteiger partial charge in [0.25, 0.3) is 5.91 Å². The zero-order chi connectivity index (χ0) is 14.0. The summed E-state index contributed by atoms with van der Waals surface area (Å²) in [7, 11) is 0. The summed E-state index contributed by atoms with van der Waals surface area (Å²) in [5.41, 5.74) is 1.13. The maximum atomic E-state index is 12.5. The number of aryl methyl sites for hydroxylation is 2. The third-order valence-electron chi connectivity index (χ3n) is 3.54. The van der Waals surface area contributed by atoms with E-state index < -0.39 is 11.9 Å². The van der Waals surface area contributed by atoms with Crippen molar-refractivity contribution in [2.75, 3.05) is 13.1 Å². The standard InChI is InChI=1S/C13H18N2O4/c1-3-10-11(8(2)19-14-10)12(16)15-6-4-5-9(7-15)13(17)18/h9H,3-7H2,1-2H3,(H,17,18). The molecule has 0 radical (unpaired) electrons. The molecule has 1 aliphatic rings. The van der Waals surface area contributed by atoms with Gasteiger partial charge in [0.1, 0.15) is 11.3 Å². The van der Waals surface area contributed by atoms with Crippen LogP contribution in [0.25, 0.3) is 0 Å². The van der Waals surface area contributed by atoms with Crippen LogP contribution in [-0.4, -0.2) is 40.1 Å². The molecule has 0 aliphatic carbocycles. The number of carboxylic acid groups (broad SMARTS) is 1. The molecule has 1 N–H and O–H groups in total. The minimum atomic E-state index is -0.838. The third-order valence-corrected chi connectivity index (χ3v) is 3.54. The highest BCUT2D eigenvalue weighted by atomic mass is 16.5. The highest BCUT2D eigenvalue weighted by Crippen LogP contribution is 2.22. The second-order valence-corrected chi connectivity index (χ2v) is 4.84. The summed E-state index contributed by atoms with van der Waals surface area (Å²) in [6.45, 7) is 4.47. The summed E-state index contributed by atoms with van der Waals surface area (Å²) >= 11 is 0. The van der Waals surface area contributed by atoms with Crippen LogP contribution in [0.5, 0.6) is 0 Å². The van der Waals surface area contributed by atoms with Gasteiger partial charge in [0.15, 0.2) is 0 Å². The Labute approximate surface area is 111 Å². The largest absolute Gasteiger partial charge is 0.481 e. The molecule has 0 saturated carbocycles. The van der Waals surface area contributed by atoms with Crippen molar-refractivity contribution in [1.29, 1.82) is 0 Å². The summed E-state index contributed by atoms with van der Waals surface area (Å²) in [5.74, 6) is -0.973. The van der Waals surface area contributed by atoms with Crippen LogP contribution in [0.3, 0.4) is 0 Å². The van der Waals surface area contributed by atoms with Crippen molar-refractivity contribution in [3.8, 4) is 0 Å². The van der Waals surface area contributed by atoms with Crippen LogP contribution < -0.4 is 0 Å². The summed E-state index contributed by atoms with van der Waals surface area (Å²) in [6.07, 6.45) is 1.96. The predicted molar refractivity (Wildman–Crippen MR) is 66.9 cm³/mol. The van der Waals surface area contributed by atoms with Crippen LogP contribution >= 0.6 is 0 Å². The van der Waals surface area contributed by atoms with Crippen LogP contribution in [0.1, 0.15) is 41.6 Å². The molecule has 1 aliphatic heterocycles. The number of carboxylic acids is 1. The Kier molecular flexibility index (Phi) is 3.87. The first-order valence-corrected chi connectivity index (χ1v) is 6.51. The van der Waals surface area contributed by atoms with Gasteiger partial charge < -0.3 is 14.5 Å². The van der Waals surface area contributed by atoms with E-state index in [0.29, 0.717) is 42.8 Å². The second kappa shape index (κ2) is 5.42. The molecule has 1 unspecified atom stereocenters. The highest BCUT2D eigenvalue weighted by Gasteiger charge is 2.31. The van der Waals surface area contributed by atoms with Crippen LogP contribution in [0.4, 0.5) is 0 Å². The van der Waals surface area contributed by atoms with Crippen LogP contribution in [0.2, 0.25) is 0 Å². The van der Waals surface area contributed by atoms with Gasteiger partial charge in [-0.05, 0) is 26.2 Å². The number of rotatable bonds is 3. The Morgan fingerprint density at radius 2 is 2.26 bits per heavy atom. The fourth-order valence-electron chi connectivity index (χ4n) is 2.45. The molecule has 1 aromatic heterocycles. The summed E-state index contributed by atoms with van der Waals surface area (Å²) in [4.78, 5) is 25.1. The number of likely N-dealkylation sites (tertiary alicyclic amines) is 1. The third kappa shape index (κ3) is 2.62. The molecule has 19 heavy (non-hydrogen) atoms. The van der Waals surface area contributed by atoms with Crippen molar-refractivity contribution in [2.24, 2.45) is 5.92 Å². The van der Waals surface area contributed by atoms with E-state index in [-0.39, 0.29) is 12.5 Å². The van der Waals surface area contributed by atoms with Crippen molar-refractivity contribution < 1.29 is 19.2 Å². The molecule has 1 aromatic rings. The van der Waals surface area contributed by atoms with Crippen molar-refractivity contribution in [3.63, 3.8) is 0 Å². The molecule has 1 saturated heterocycles. The van der Waals surface area contributed by atoms with Crippen molar-refractivity contribution in [2.45, 2.75) is 33.1 Å². The number of aliphatic carboxylic acids is 1. The molecule has 0 bridgehead atoms. The molecule has 6 nitrogen and oxygen atoms in total. The van der Waals surface area contributed by atoms with Crippen LogP contribution in [0.15, 0.2) is 4.52 Å². The maximum Gasteiger partial charge on any atom is 0.308 e. The first kappa shape index (κ1) is 13.6. The van der Waals surface area contributed by atoms with E-state index in [1.807, 2.05) is 6.92 Å². The van der Waals surface area contributed by atoms with Crippen molar-refractivity contribution in [1.82, 2.24) is 10.1 Å². The Bertz CT molecular complexity index is 495. The van der Waals surface area contributed by atoms with Gasteiger partial charge in [-0.15, -0.1) is 0 Å². The molecule has 1 atom stereocenters. The summed E-state index contributed by atoms with van der Waals surface area (Å²) < 4.78 is 5.06. The molecule has 0 spiro atoms. The van der Waals surface area contributed by atoms with E-state index in [0.717, 1.165) is 0 Å². The first-order valence-electron chi connectivity index (χ1n) is 6.51. The van der Waals surface area contributed by atoms with Crippen molar-refractivity contribution >= 4 is 11.9 Å². The number of hydrogen-bond donors (Lipinski definition) is 1. The number of carbonyl (C=O) groups is 2. The van der Waals surface area contributed by atoms with Gasteiger partial charge in [-0.2, -0.15) is 0 Å². The average Bonchev–Trinajstić information content (AvgIpc) is 2.79.